The van der Waals surface area contributed by atoms with Gasteiger partial charge in [-0.1, -0.05) is 29.8 Å². The zero-order valence-electron chi connectivity index (χ0n) is 16.2. The predicted octanol–water partition coefficient (Wildman–Crippen LogP) is 2.98. The van der Waals surface area contributed by atoms with Crippen LogP contribution in [-0.4, -0.2) is 53.7 Å². The molecule has 1 aromatic carbocycles. The van der Waals surface area contributed by atoms with E-state index in [0.717, 1.165) is 11.5 Å². The molecule has 0 saturated carbocycles. The van der Waals surface area contributed by atoms with Crippen LogP contribution in [0, 0.1) is 13.8 Å². The van der Waals surface area contributed by atoms with Gasteiger partial charge >= 0.3 is 6.09 Å². The van der Waals surface area contributed by atoms with E-state index in [1.165, 1.54) is 11.1 Å². The number of nitrogens with one attached hydrogen (secondary N) is 1. The molecule has 1 amide bonds. The van der Waals surface area contributed by atoms with Gasteiger partial charge in [0.1, 0.15) is 5.82 Å². The van der Waals surface area contributed by atoms with E-state index >= 15 is 0 Å². The summed E-state index contributed by atoms with van der Waals surface area (Å²) >= 11 is 0. The van der Waals surface area contributed by atoms with Crippen molar-refractivity contribution >= 4 is 17.9 Å². The average Bonchev–Trinajstić information content (AvgIpc) is 2.67. The summed E-state index contributed by atoms with van der Waals surface area (Å²) in [5, 5.41) is 3.38. The molecule has 1 N–H and O–H groups in total. The summed E-state index contributed by atoms with van der Waals surface area (Å²) in [6.07, 6.45) is -0.247. The highest BCUT2D eigenvalue weighted by atomic mass is 16.6. The Balaban J connectivity index is 1.62. The number of aromatic nitrogens is 2. The number of piperazine rings is 1. The number of amides is 1. The molecule has 2 heterocycles. The number of rotatable bonds is 5. The molecule has 7 heteroatoms. The Morgan fingerprint density at radius 3 is 2.48 bits per heavy atom. The zero-order chi connectivity index (χ0) is 19.2. The monoisotopic (exact) mass is 369 g/mol. The Morgan fingerprint density at radius 1 is 1.11 bits per heavy atom. The van der Waals surface area contributed by atoms with Crippen LogP contribution < -0.4 is 10.2 Å². The van der Waals surface area contributed by atoms with Crippen LogP contribution in [0.2, 0.25) is 0 Å². The Labute approximate surface area is 160 Å². The lowest BCUT2D eigenvalue weighted by molar-refractivity contribution is 0.105. The zero-order valence-corrected chi connectivity index (χ0v) is 16.2. The van der Waals surface area contributed by atoms with Crippen molar-refractivity contribution in [2.45, 2.75) is 27.3 Å². The first kappa shape index (κ1) is 18.9. The van der Waals surface area contributed by atoms with Gasteiger partial charge in [0, 0.05) is 44.5 Å². The molecule has 3 rings (SSSR count). The van der Waals surface area contributed by atoms with Crippen molar-refractivity contribution in [2.24, 2.45) is 0 Å². The second-order valence-electron chi connectivity index (χ2n) is 6.71. The van der Waals surface area contributed by atoms with Crippen molar-refractivity contribution in [3.05, 3.63) is 47.2 Å². The van der Waals surface area contributed by atoms with Crippen LogP contribution in [0.25, 0.3) is 0 Å². The van der Waals surface area contributed by atoms with Gasteiger partial charge in [0.05, 0.1) is 6.61 Å². The van der Waals surface area contributed by atoms with Crippen LogP contribution in [0.4, 0.5) is 16.6 Å². The Morgan fingerprint density at radius 2 is 1.81 bits per heavy atom. The number of aryl methyl sites for hydroxylation is 2. The highest BCUT2D eigenvalue weighted by Gasteiger charge is 2.23. The highest BCUT2D eigenvalue weighted by Crippen LogP contribution is 2.17. The van der Waals surface area contributed by atoms with E-state index in [2.05, 4.69) is 51.4 Å². The molecule has 0 bridgehead atoms. The maximum Gasteiger partial charge on any atom is 0.409 e. The minimum atomic E-state index is -0.247. The van der Waals surface area contributed by atoms with Crippen molar-refractivity contribution in [1.82, 2.24) is 14.9 Å². The van der Waals surface area contributed by atoms with E-state index in [1.807, 2.05) is 19.9 Å². The summed E-state index contributed by atoms with van der Waals surface area (Å²) in [6.45, 7) is 9.60. The third kappa shape index (κ3) is 5.09. The lowest BCUT2D eigenvalue weighted by Gasteiger charge is -2.34. The molecule has 2 aromatic rings. The van der Waals surface area contributed by atoms with Crippen LogP contribution in [0.1, 0.15) is 23.7 Å². The number of hydrogen-bond acceptors (Lipinski definition) is 6. The van der Waals surface area contributed by atoms with Gasteiger partial charge in [0.2, 0.25) is 5.95 Å². The molecule has 0 unspecified atom stereocenters. The Hall–Kier alpha value is -2.83. The van der Waals surface area contributed by atoms with Crippen LogP contribution in [0.3, 0.4) is 0 Å². The maximum absolute atomic E-state index is 11.8. The first-order valence-electron chi connectivity index (χ1n) is 9.37. The van der Waals surface area contributed by atoms with Crippen molar-refractivity contribution in [3.8, 4) is 0 Å². The van der Waals surface area contributed by atoms with Crippen LogP contribution in [-0.2, 0) is 11.3 Å². The predicted molar refractivity (Wildman–Crippen MR) is 106 cm³/mol. The fraction of sp³-hybridized carbons (Fsp3) is 0.450. The summed E-state index contributed by atoms with van der Waals surface area (Å²) in [6, 6.07) is 10.4. The van der Waals surface area contributed by atoms with Crippen molar-refractivity contribution in [3.63, 3.8) is 0 Å². The summed E-state index contributed by atoms with van der Waals surface area (Å²) in [7, 11) is 0. The van der Waals surface area contributed by atoms with Gasteiger partial charge < -0.3 is 19.9 Å². The molecule has 0 atom stereocenters. The first-order valence-corrected chi connectivity index (χ1v) is 9.37. The molecular formula is C20H27N5O2. The van der Waals surface area contributed by atoms with Crippen molar-refractivity contribution in [2.75, 3.05) is 43.0 Å². The van der Waals surface area contributed by atoms with Gasteiger partial charge in [-0.05, 0) is 26.3 Å². The number of carbonyl (C=O) groups excluding carboxylic acids is 1. The molecule has 1 fully saturated rings. The smallest absolute Gasteiger partial charge is 0.409 e. The number of ether oxygens (including phenoxy) is 1. The van der Waals surface area contributed by atoms with Gasteiger partial charge in [-0.3, -0.25) is 0 Å². The Bertz CT molecular complexity index is 770. The van der Waals surface area contributed by atoms with Crippen LogP contribution in [0.5, 0.6) is 0 Å². The van der Waals surface area contributed by atoms with Gasteiger partial charge in [-0.15, -0.1) is 0 Å². The molecule has 27 heavy (non-hydrogen) atoms. The molecule has 0 spiro atoms. The summed E-state index contributed by atoms with van der Waals surface area (Å²) in [5.41, 5.74) is 3.38. The summed E-state index contributed by atoms with van der Waals surface area (Å²) < 4.78 is 5.07. The van der Waals surface area contributed by atoms with Gasteiger partial charge in [-0.2, -0.15) is 4.98 Å². The molecule has 1 saturated heterocycles. The number of hydrogen-bond donors (Lipinski definition) is 1. The maximum atomic E-state index is 11.8. The highest BCUT2D eigenvalue weighted by molar-refractivity contribution is 5.68. The molecular weight excluding hydrogens is 342 g/mol. The molecule has 1 aromatic heterocycles. The van der Waals surface area contributed by atoms with Gasteiger partial charge in [-0.25, -0.2) is 9.78 Å². The van der Waals surface area contributed by atoms with E-state index in [1.54, 1.807) is 4.90 Å². The van der Waals surface area contributed by atoms with E-state index < -0.39 is 0 Å². The summed E-state index contributed by atoms with van der Waals surface area (Å²) in [5.74, 6) is 1.51. The first-order chi connectivity index (χ1) is 13.0. The molecule has 1 aliphatic rings. The molecule has 7 nitrogen and oxygen atoms in total. The lowest BCUT2D eigenvalue weighted by Crippen LogP contribution is -2.49. The standard InChI is InChI=1S/C20H27N5O2/c1-4-27-20(26)25-11-9-24(10-12-25)19-22-16(3)13-18(23-19)21-14-17-7-5-15(2)6-8-17/h5-8,13H,4,9-12,14H2,1-3H3,(H,21,22,23). The fourth-order valence-corrected chi connectivity index (χ4v) is 2.99. The normalized spacial score (nSPS) is 14.2. The quantitative estimate of drug-likeness (QED) is 0.874. The number of nitrogens with zero attached hydrogens (tertiary/aromatic N) is 4. The average molecular weight is 369 g/mol. The fourth-order valence-electron chi connectivity index (χ4n) is 2.99. The van der Waals surface area contributed by atoms with Crippen LogP contribution >= 0.6 is 0 Å². The van der Waals surface area contributed by atoms with Crippen molar-refractivity contribution < 1.29 is 9.53 Å². The summed E-state index contributed by atoms with van der Waals surface area (Å²) in [4.78, 5) is 24.9. The molecule has 144 valence electrons. The lowest BCUT2D eigenvalue weighted by atomic mass is 10.1. The van der Waals surface area contributed by atoms with Crippen LogP contribution in [0.15, 0.2) is 30.3 Å². The number of anilines is 2. The minimum absolute atomic E-state index is 0.247. The third-order valence-corrected chi connectivity index (χ3v) is 4.53. The largest absolute Gasteiger partial charge is 0.450 e. The Kier molecular flexibility index (Phi) is 6.11. The second kappa shape index (κ2) is 8.70. The van der Waals surface area contributed by atoms with E-state index in [0.29, 0.717) is 45.3 Å². The third-order valence-electron chi connectivity index (χ3n) is 4.53. The van der Waals surface area contributed by atoms with Crippen molar-refractivity contribution in [1.29, 1.82) is 0 Å². The van der Waals surface area contributed by atoms with Gasteiger partial charge in [0.15, 0.2) is 0 Å². The molecule has 0 aliphatic carbocycles. The molecule has 0 radical (unpaired) electrons. The van der Waals surface area contributed by atoms with E-state index in [-0.39, 0.29) is 6.09 Å². The van der Waals surface area contributed by atoms with E-state index in [9.17, 15) is 4.79 Å². The topological polar surface area (TPSA) is 70.6 Å². The number of benzene rings is 1. The minimum Gasteiger partial charge on any atom is -0.450 e. The SMILES string of the molecule is CCOC(=O)N1CCN(c2nc(C)cc(NCc3ccc(C)cc3)n2)CC1. The molecule has 1 aliphatic heterocycles. The van der Waals surface area contributed by atoms with E-state index in [4.69, 9.17) is 4.74 Å². The number of carbonyl (C=O) groups is 1. The van der Waals surface area contributed by atoms with Gasteiger partial charge in [0.25, 0.3) is 0 Å². The second-order valence-corrected chi connectivity index (χ2v) is 6.71.